The summed E-state index contributed by atoms with van der Waals surface area (Å²) in [7, 11) is -3.71. The molecule has 0 fully saturated rings. The minimum atomic E-state index is -3.71. The van der Waals surface area contributed by atoms with Gasteiger partial charge < -0.3 is 0 Å². The third kappa shape index (κ3) is 3.58. The maximum absolute atomic E-state index is 13.7. The lowest BCUT2D eigenvalue weighted by atomic mass is 10.2. The Hall–Kier alpha value is -1.94. The summed E-state index contributed by atoms with van der Waals surface area (Å²) in [5, 5.41) is -0.741. The van der Waals surface area contributed by atoms with Crippen molar-refractivity contribution < 1.29 is 12.8 Å². The highest BCUT2D eigenvalue weighted by Crippen LogP contribution is 2.22. The third-order valence-corrected chi connectivity index (χ3v) is 5.48. The van der Waals surface area contributed by atoms with Gasteiger partial charge >= 0.3 is 0 Å². The largest absolute Gasteiger partial charge is 0.223 e. The zero-order chi connectivity index (χ0) is 15.3. The molecule has 0 aliphatic heterocycles. The summed E-state index contributed by atoms with van der Waals surface area (Å²) < 4.78 is 38.8. The van der Waals surface area contributed by atoms with Crippen molar-refractivity contribution in [2.75, 3.05) is 0 Å². The Kier molecular flexibility index (Phi) is 4.91. The van der Waals surface area contributed by atoms with Gasteiger partial charge in [-0.05, 0) is 24.1 Å². The van der Waals surface area contributed by atoms with E-state index in [1.165, 1.54) is 24.3 Å². The highest BCUT2D eigenvalue weighted by atomic mass is 32.2. The van der Waals surface area contributed by atoms with E-state index in [9.17, 15) is 12.8 Å². The summed E-state index contributed by atoms with van der Waals surface area (Å²) in [5.41, 5.74) is 0.916. The van der Waals surface area contributed by atoms with E-state index in [1.807, 2.05) is 30.3 Å². The second-order valence-electron chi connectivity index (χ2n) is 4.69. The number of hydrogen-bond acceptors (Lipinski definition) is 2. The van der Waals surface area contributed by atoms with Gasteiger partial charge in [0.2, 0.25) is 0 Å². The van der Waals surface area contributed by atoms with Crippen LogP contribution in [0.4, 0.5) is 4.39 Å². The van der Waals surface area contributed by atoms with Crippen LogP contribution < -0.4 is 0 Å². The van der Waals surface area contributed by atoms with Gasteiger partial charge in [-0.3, -0.25) is 0 Å². The number of benzene rings is 2. The molecular formula is C17H17FO2S. The standard InChI is InChI=1S/C17H17FO2S/c1-2-15(13-12-14-8-4-3-5-9-14)21(19,20)17-11-7-6-10-16(17)18/h3-13,15H,2H2,1H3/b13-12+. The topological polar surface area (TPSA) is 34.1 Å². The Morgan fingerprint density at radius 1 is 1.05 bits per heavy atom. The Bertz CT molecular complexity index is 721. The van der Waals surface area contributed by atoms with Crippen LogP contribution in [0.5, 0.6) is 0 Å². The van der Waals surface area contributed by atoms with Crippen LogP contribution in [-0.2, 0) is 9.84 Å². The molecule has 0 N–H and O–H groups in total. The van der Waals surface area contributed by atoms with E-state index in [4.69, 9.17) is 0 Å². The lowest BCUT2D eigenvalue weighted by molar-refractivity contribution is 0.560. The molecule has 110 valence electrons. The molecule has 0 amide bonds. The van der Waals surface area contributed by atoms with Crippen molar-refractivity contribution in [2.24, 2.45) is 0 Å². The molecule has 2 aromatic rings. The molecule has 2 nitrogen and oxygen atoms in total. The molecule has 1 unspecified atom stereocenters. The van der Waals surface area contributed by atoms with Crippen LogP contribution in [0.15, 0.2) is 65.6 Å². The van der Waals surface area contributed by atoms with E-state index >= 15 is 0 Å². The lowest BCUT2D eigenvalue weighted by Gasteiger charge is -2.12. The Morgan fingerprint density at radius 2 is 1.67 bits per heavy atom. The molecule has 0 aromatic heterocycles. The molecule has 0 aliphatic carbocycles. The van der Waals surface area contributed by atoms with Crippen LogP contribution in [0.2, 0.25) is 0 Å². The molecular weight excluding hydrogens is 287 g/mol. The van der Waals surface area contributed by atoms with E-state index in [-0.39, 0.29) is 4.90 Å². The van der Waals surface area contributed by atoms with Gasteiger partial charge in [0, 0.05) is 0 Å². The van der Waals surface area contributed by atoms with Crippen LogP contribution in [0.3, 0.4) is 0 Å². The predicted octanol–water partition coefficient (Wildman–Crippen LogP) is 4.09. The fourth-order valence-corrected chi connectivity index (χ4v) is 3.74. The van der Waals surface area contributed by atoms with Crippen LogP contribution >= 0.6 is 0 Å². The molecule has 0 bridgehead atoms. The van der Waals surface area contributed by atoms with Gasteiger partial charge in [-0.2, -0.15) is 0 Å². The van der Waals surface area contributed by atoms with E-state index in [2.05, 4.69) is 0 Å². The quantitative estimate of drug-likeness (QED) is 0.833. The molecule has 4 heteroatoms. The normalized spacial score (nSPS) is 13.4. The molecule has 1 atom stereocenters. The third-order valence-electron chi connectivity index (χ3n) is 3.25. The smallest absolute Gasteiger partial charge is 0.187 e. The fraction of sp³-hybridized carbons (Fsp3) is 0.176. The van der Waals surface area contributed by atoms with Crippen molar-refractivity contribution in [3.8, 4) is 0 Å². The molecule has 0 aliphatic rings. The highest BCUT2D eigenvalue weighted by Gasteiger charge is 2.26. The number of halogens is 1. The molecule has 0 radical (unpaired) electrons. The van der Waals surface area contributed by atoms with Gasteiger partial charge in [0.25, 0.3) is 0 Å². The molecule has 0 spiro atoms. The van der Waals surface area contributed by atoms with E-state index in [0.29, 0.717) is 6.42 Å². The average Bonchev–Trinajstić information content (AvgIpc) is 2.49. The first-order valence-corrected chi connectivity index (χ1v) is 8.32. The minimum absolute atomic E-state index is 0.241. The Morgan fingerprint density at radius 3 is 2.29 bits per heavy atom. The first kappa shape index (κ1) is 15.4. The van der Waals surface area contributed by atoms with Crippen molar-refractivity contribution in [3.05, 3.63) is 72.1 Å². The summed E-state index contributed by atoms with van der Waals surface area (Å²) >= 11 is 0. The molecule has 2 aromatic carbocycles. The molecule has 0 saturated heterocycles. The molecule has 0 heterocycles. The maximum Gasteiger partial charge on any atom is 0.187 e. The number of rotatable bonds is 5. The second-order valence-corrected chi connectivity index (χ2v) is 6.83. The summed E-state index contributed by atoms with van der Waals surface area (Å²) in [6.45, 7) is 1.78. The molecule has 2 rings (SSSR count). The van der Waals surface area contributed by atoms with Gasteiger partial charge in [0.05, 0.1) is 5.25 Å². The van der Waals surface area contributed by atoms with Crippen LogP contribution in [0.25, 0.3) is 6.08 Å². The first-order chi connectivity index (χ1) is 10.1. The van der Waals surface area contributed by atoms with Crippen molar-refractivity contribution in [3.63, 3.8) is 0 Å². The summed E-state index contributed by atoms with van der Waals surface area (Å²) in [6, 6.07) is 14.9. The summed E-state index contributed by atoms with van der Waals surface area (Å²) in [5.74, 6) is -0.705. The van der Waals surface area contributed by atoms with Crippen molar-refractivity contribution in [1.82, 2.24) is 0 Å². The SMILES string of the molecule is CCC(/C=C/c1ccccc1)S(=O)(=O)c1ccccc1F. The summed E-state index contributed by atoms with van der Waals surface area (Å²) in [6.07, 6.45) is 3.77. The van der Waals surface area contributed by atoms with Crippen LogP contribution in [-0.4, -0.2) is 13.7 Å². The minimum Gasteiger partial charge on any atom is -0.223 e. The Labute approximate surface area is 124 Å². The van der Waals surface area contributed by atoms with Gasteiger partial charge in [-0.15, -0.1) is 0 Å². The van der Waals surface area contributed by atoms with Crippen LogP contribution in [0.1, 0.15) is 18.9 Å². The van der Waals surface area contributed by atoms with Crippen molar-refractivity contribution in [1.29, 1.82) is 0 Å². The van der Waals surface area contributed by atoms with E-state index in [0.717, 1.165) is 5.56 Å². The zero-order valence-corrected chi connectivity index (χ0v) is 12.6. The molecule has 21 heavy (non-hydrogen) atoms. The average molecular weight is 304 g/mol. The number of hydrogen-bond donors (Lipinski definition) is 0. The highest BCUT2D eigenvalue weighted by molar-refractivity contribution is 7.92. The van der Waals surface area contributed by atoms with Crippen molar-refractivity contribution >= 4 is 15.9 Å². The second kappa shape index (κ2) is 6.68. The molecule has 0 saturated carbocycles. The van der Waals surface area contributed by atoms with E-state index in [1.54, 1.807) is 19.1 Å². The van der Waals surface area contributed by atoms with Gasteiger partial charge in [0.15, 0.2) is 9.84 Å². The zero-order valence-electron chi connectivity index (χ0n) is 11.7. The maximum atomic E-state index is 13.7. The Balaban J connectivity index is 2.33. The van der Waals surface area contributed by atoms with Gasteiger partial charge in [0.1, 0.15) is 10.7 Å². The first-order valence-electron chi connectivity index (χ1n) is 6.77. The fourth-order valence-electron chi connectivity index (χ4n) is 2.08. The monoisotopic (exact) mass is 304 g/mol. The van der Waals surface area contributed by atoms with Crippen molar-refractivity contribution in [2.45, 2.75) is 23.5 Å². The predicted molar refractivity (Wildman–Crippen MR) is 83.1 cm³/mol. The lowest BCUT2D eigenvalue weighted by Crippen LogP contribution is -2.19. The van der Waals surface area contributed by atoms with Gasteiger partial charge in [-0.1, -0.05) is 61.5 Å². The summed E-state index contributed by atoms with van der Waals surface area (Å²) in [4.78, 5) is -0.241. The number of sulfone groups is 1. The van der Waals surface area contributed by atoms with E-state index < -0.39 is 20.9 Å². The van der Waals surface area contributed by atoms with Gasteiger partial charge in [-0.25, -0.2) is 12.8 Å². The van der Waals surface area contributed by atoms with Crippen LogP contribution in [0, 0.1) is 5.82 Å².